The van der Waals surface area contributed by atoms with E-state index in [2.05, 4.69) is 38.1 Å². The van der Waals surface area contributed by atoms with Crippen molar-refractivity contribution in [1.29, 1.82) is 0 Å². The molecule has 2 rings (SSSR count). The van der Waals surface area contributed by atoms with Crippen molar-refractivity contribution >= 4 is 11.9 Å². The number of morpholine rings is 1. The summed E-state index contributed by atoms with van der Waals surface area (Å²) in [6.45, 7) is 6.30. The maximum atomic E-state index is 12.7. The lowest BCUT2D eigenvalue weighted by molar-refractivity contribution is -0.142. The van der Waals surface area contributed by atoms with E-state index in [1.807, 2.05) is 4.90 Å². The molecule has 0 bridgehead atoms. The average molecular weight is 362 g/mol. The van der Waals surface area contributed by atoms with Crippen molar-refractivity contribution in [1.82, 2.24) is 9.80 Å². The number of aliphatic carboxylic acids is 1. The molecule has 2 atom stereocenters. The number of hydrogen-bond acceptors (Lipinski definition) is 4. The van der Waals surface area contributed by atoms with Crippen molar-refractivity contribution in [3.8, 4) is 0 Å². The molecule has 1 saturated heterocycles. The fourth-order valence-corrected chi connectivity index (χ4v) is 3.29. The quantitative estimate of drug-likeness (QED) is 0.766. The number of rotatable bonds is 8. The normalized spacial score (nSPS) is 18.8. The minimum atomic E-state index is -0.862. The van der Waals surface area contributed by atoms with Gasteiger partial charge in [0.05, 0.1) is 19.3 Å². The second kappa shape index (κ2) is 9.69. The van der Waals surface area contributed by atoms with Gasteiger partial charge < -0.3 is 14.7 Å². The van der Waals surface area contributed by atoms with Gasteiger partial charge in [-0.25, -0.2) is 0 Å². The molecule has 0 aliphatic carbocycles. The first-order valence-corrected chi connectivity index (χ1v) is 9.27. The number of amides is 1. The van der Waals surface area contributed by atoms with E-state index >= 15 is 0 Å². The van der Waals surface area contributed by atoms with Gasteiger partial charge in [0.25, 0.3) is 0 Å². The van der Waals surface area contributed by atoms with Crippen molar-refractivity contribution in [3.05, 3.63) is 35.4 Å². The summed E-state index contributed by atoms with van der Waals surface area (Å²) in [6, 6.07) is 8.47. The van der Waals surface area contributed by atoms with Crippen LogP contribution in [0.15, 0.2) is 24.3 Å². The Morgan fingerprint density at radius 3 is 2.65 bits per heavy atom. The van der Waals surface area contributed by atoms with Crippen LogP contribution in [0.5, 0.6) is 0 Å². The minimum Gasteiger partial charge on any atom is -0.480 e. The van der Waals surface area contributed by atoms with E-state index in [4.69, 9.17) is 9.84 Å². The van der Waals surface area contributed by atoms with Gasteiger partial charge >= 0.3 is 5.97 Å². The van der Waals surface area contributed by atoms with Crippen molar-refractivity contribution in [2.75, 3.05) is 39.8 Å². The molecule has 6 heteroatoms. The molecule has 1 aliphatic heterocycles. The Hall–Kier alpha value is -1.92. The fraction of sp³-hybridized carbons (Fsp3) is 0.600. The Balaban J connectivity index is 1.86. The number of carboxylic acids is 1. The largest absolute Gasteiger partial charge is 0.480 e. The Labute approximate surface area is 155 Å². The Kier molecular flexibility index (Phi) is 7.60. The number of aryl methyl sites for hydroxylation is 1. The molecule has 1 fully saturated rings. The molecule has 26 heavy (non-hydrogen) atoms. The minimum absolute atomic E-state index is 0.0292. The first kappa shape index (κ1) is 20.4. The number of ether oxygens (including phenoxy) is 1. The number of carbonyl (C=O) groups is 2. The highest BCUT2D eigenvalue weighted by molar-refractivity contribution is 5.77. The van der Waals surface area contributed by atoms with Crippen molar-refractivity contribution in [2.45, 2.75) is 38.7 Å². The second-order valence-electron chi connectivity index (χ2n) is 7.12. The first-order valence-electron chi connectivity index (χ1n) is 9.27. The number of likely N-dealkylation sites (N-methyl/N-ethyl adjacent to an activating group) is 1. The average Bonchev–Trinajstić information content (AvgIpc) is 2.61. The van der Waals surface area contributed by atoms with Crippen LogP contribution < -0.4 is 0 Å². The summed E-state index contributed by atoms with van der Waals surface area (Å²) in [5.41, 5.74) is 2.48. The van der Waals surface area contributed by atoms with Crippen LogP contribution in [-0.4, -0.2) is 72.7 Å². The van der Waals surface area contributed by atoms with Gasteiger partial charge in [-0.15, -0.1) is 0 Å². The zero-order valence-corrected chi connectivity index (χ0v) is 16.0. The van der Waals surface area contributed by atoms with Gasteiger partial charge in [0, 0.05) is 26.1 Å². The molecule has 1 heterocycles. The highest BCUT2D eigenvalue weighted by Crippen LogP contribution is 2.21. The molecule has 0 radical (unpaired) electrons. The molecule has 2 unspecified atom stereocenters. The number of benzene rings is 1. The van der Waals surface area contributed by atoms with Gasteiger partial charge in [0.1, 0.15) is 0 Å². The Morgan fingerprint density at radius 1 is 1.35 bits per heavy atom. The molecule has 0 aromatic heterocycles. The van der Waals surface area contributed by atoms with Crippen LogP contribution in [-0.2, 0) is 20.7 Å². The van der Waals surface area contributed by atoms with Crippen LogP contribution in [0.25, 0.3) is 0 Å². The number of carbonyl (C=O) groups excluding carboxylic acids is 1. The molecule has 6 nitrogen and oxygen atoms in total. The van der Waals surface area contributed by atoms with Crippen LogP contribution >= 0.6 is 0 Å². The van der Waals surface area contributed by atoms with E-state index in [1.165, 1.54) is 11.1 Å². The van der Waals surface area contributed by atoms with Crippen molar-refractivity contribution < 1.29 is 19.4 Å². The summed E-state index contributed by atoms with van der Waals surface area (Å²) in [4.78, 5) is 27.0. The molecule has 0 saturated carbocycles. The molecule has 1 N–H and O–H groups in total. The van der Waals surface area contributed by atoms with Crippen LogP contribution in [0, 0.1) is 0 Å². The standard InChI is InChI=1S/C20H30N2O4/c1-4-16-5-7-17(8-6-16)15(2)11-19(23)22-9-10-26-18(13-22)12-21(3)14-20(24)25/h5-8,15,18H,4,9-14H2,1-3H3,(H,24,25). The van der Waals surface area contributed by atoms with E-state index in [9.17, 15) is 9.59 Å². The van der Waals surface area contributed by atoms with Gasteiger partial charge in [-0.05, 0) is 30.5 Å². The van der Waals surface area contributed by atoms with E-state index in [0.29, 0.717) is 32.7 Å². The summed E-state index contributed by atoms with van der Waals surface area (Å²) in [5, 5.41) is 8.85. The number of nitrogens with zero attached hydrogens (tertiary/aromatic N) is 2. The molecule has 144 valence electrons. The van der Waals surface area contributed by atoms with Crippen molar-refractivity contribution in [2.24, 2.45) is 0 Å². The monoisotopic (exact) mass is 362 g/mol. The summed E-state index contributed by atoms with van der Waals surface area (Å²) < 4.78 is 5.70. The predicted molar refractivity (Wildman–Crippen MR) is 100 cm³/mol. The Bertz CT molecular complexity index is 602. The molecule has 1 amide bonds. The topological polar surface area (TPSA) is 70.1 Å². The van der Waals surface area contributed by atoms with Gasteiger partial charge in [-0.2, -0.15) is 0 Å². The predicted octanol–water partition coefficient (Wildman–Crippen LogP) is 1.99. The first-order chi connectivity index (χ1) is 12.4. The third kappa shape index (κ3) is 6.11. The van der Waals surface area contributed by atoms with Gasteiger partial charge in [-0.1, -0.05) is 38.1 Å². The second-order valence-corrected chi connectivity index (χ2v) is 7.12. The maximum Gasteiger partial charge on any atom is 0.317 e. The SMILES string of the molecule is CCc1ccc(C(C)CC(=O)N2CCOC(CN(C)CC(=O)O)C2)cc1. The zero-order valence-electron chi connectivity index (χ0n) is 16.0. The molecule has 1 aromatic rings. The molecular weight excluding hydrogens is 332 g/mol. The third-order valence-electron chi connectivity index (χ3n) is 4.85. The van der Waals surface area contributed by atoms with Gasteiger partial charge in [0.15, 0.2) is 0 Å². The Morgan fingerprint density at radius 2 is 2.04 bits per heavy atom. The highest BCUT2D eigenvalue weighted by Gasteiger charge is 2.26. The van der Waals surface area contributed by atoms with E-state index < -0.39 is 5.97 Å². The van der Waals surface area contributed by atoms with Gasteiger partial charge in [-0.3, -0.25) is 14.5 Å². The van der Waals surface area contributed by atoms with Gasteiger partial charge in [0.2, 0.25) is 5.91 Å². The summed E-state index contributed by atoms with van der Waals surface area (Å²) in [7, 11) is 1.75. The smallest absolute Gasteiger partial charge is 0.317 e. The van der Waals surface area contributed by atoms with E-state index in [0.717, 1.165) is 6.42 Å². The lowest BCUT2D eigenvalue weighted by Crippen LogP contribution is -2.49. The van der Waals surface area contributed by atoms with Crippen LogP contribution in [0.4, 0.5) is 0 Å². The zero-order chi connectivity index (χ0) is 19.1. The fourth-order valence-electron chi connectivity index (χ4n) is 3.29. The highest BCUT2D eigenvalue weighted by atomic mass is 16.5. The van der Waals surface area contributed by atoms with Crippen LogP contribution in [0.1, 0.15) is 37.3 Å². The maximum absolute atomic E-state index is 12.7. The number of hydrogen-bond donors (Lipinski definition) is 1. The van der Waals surface area contributed by atoms with E-state index in [-0.39, 0.29) is 24.5 Å². The number of carboxylic acid groups (broad SMARTS) is 1. The van der Waals surface area contributed by atoms with Crippen LogP contribution in [0.3, 0.4) is 0 Å². The molecule has 0 spiro atoms. The van der Waals surface area contributed by atoms with Crippen LogP contribution in [0.2, 0.25) is 0 Å². The summed E-state index contributed by atoms with van der Waals surface area (Å²) in [5.74, 6) is -0.560. The molecule has 1 aliphatic rings. The van der Waals surface area contributed by atoms with E-state index in [1.54, 1.807) is 11.9 Å². The summed E-state index contributed by atoms with van der Waals surface area (Å²) in [6.07, 6.45) is 1.35. The lowest BCUT2D eigenvalue weighted by Gasteiger charge is -2.35. The third-order valence-corrected chi connectivity index (χ3v) is 4.85. The van der Waals surface area contributed by atoms with Crippen molar-refractivity contribution in [3.63, 3.8) is 0 Å². The molecule has 1 aromatic carbocycles. The summed E-state index contributed by atoms with van der Waals surface area (Å²) >= 11 is 0. The molecular formula is C20H30N2O4. The lowest BCUT2D eigenvalue weighted by atomic mass is 9.95.